The van der Waals surface area contributed by atoms with Crippen LogP contribution in [0.25, 0.3) is 0 Å². The van der Waals surface area contributed by atoms with Gasteiger partial charge in [-0.2, -0.15) is 0 Å². The quantitative estimate of drug-likeness (QED) is 0.933. The van der Waals surface area contributed by atoms with Crippen LogP contribution in [0.2, 0.25) is 0 Å². The number of nitrogens with zero attached hydrogens (tertiary/aromatic N) is 1. The topological polar surface area (TPSA) is 23.5 Å². The van der Waals surface area contributed by atoms with Crippen molar-refractivity contribution in [2.24, 2.45) is 11.8 Å². The summed E-state index contributed by atoms with van der Waals surface area (Å²) in [5, 5.41) is 11.1. The van der Waals surface area contributed by atoms with Gasteiger partial charge in [-0.05, 0) is 17.5 Å². The second kappa shape index (κ2) is 4.97. The fourth-order valence-electron chi connectivity index (χ4n) is 4.15. The van der Waals surface area contributed by atoms with Crippen LogP contribution in [0.5, 0.6) is 0 Å². The molecule has 2 aromatic rings. The van der Waals surface area contributed by atoms with Crippen molar-refractivity contribution in [3.63, 3.8) is 0 Å². The first-order chi connectivity index (χ1) is 10.3. The molecule has 5 rings (SSSR count). The Kier molecular flexibility index (Phi) is 3.09. The third-order valence-corrected chi connectivity index (χ3v) is 5.26. The molecule has 0 radical (unpaired) electrons. The first-order valence-electron chi connectivity index (χ1n) is 7.81. The van der Waals surface area contributed by atoms with Crippen LogP contribution in [-0.2, 0) is 12.1 Å². The molecule has 2 saturated heterocycles. The molecule has 2 heteroatoms. The first-order valence-corrected chi connectivity index (χ1v) is 7.81. The molecule has 0 spiro atoms. The molecule has 1 saturated carbocycles. The molecule has 3 fully saturated rings. The van der Waals surface area contributed by atoms with Gasteiger partial charge in [0.1, 0.15) is 0 Å². The lowest BCUT2D eigenvalue weighted by Crippen LogP contribution is -2.64. The predicted octanol–water partition coefficient (Wildman–Crippen LogP) is 3.03. The zero-order valence-electron chi connectivity index (χ0n) is 12.2. The molecule has 1 N–H and O–H groups in total. The van der Waals surface area contributed by atoms with Gasteiger partial charge in [-0.1, -0.05) is 60.7 Å². The molecule has 2 aromatic carbocycles. The van der Waals surface area contributed by atoms with Crippen LogP contribution >= 0.6 is 0 Å². The molecule has 2 heterocycles. The number of rotatable bonds is 3. The standard InChI is InChI=1S/C19H21NO/c21-19(16-9-5-2-6-10-16)17-11-18(19)14-20(13-17)12-15-7-3-1-4-8-15/h1-10,17-18,21H,11-14H2. The maximum absolute atomic E-state index is 11.1. The predicted molar refractivity (Wildman–Crippen MR) is 83.7 cm³/mol. The summed E-state index contributed by atoms with van der Waals surface area (Å²) in [6.07, 6.45) is 1.16. The van der Waals surface area contributed by atoms with Crippen molar-refractivity contribution in [3.05, 3.63) is 71.8 Å². The Morgan fingerprint density at radius 1 is 0.905 bits per heavy atom. The highest BCUT2D eigenvalue weighted by molar-refractivity contribution is 5.29. The minimum atomic E-state index is -0.589. The number of aliphatic hydroxyl groups is 1. The fourth-order valence-corrected chi connectivity index (χ4v) is 4.15. The molecule has 21 heavy (non-hydrogen) atoms. The van der Waals surface area contributed by atoms with Crippen LogP contribution in [0.15, 0.2) is 60.7 Å². The lowest BCUT2D eigenvalue weighted by atomic mass is 9.55. The van der Waals surface area contributed by atoms with Crippen molar-refractivity contribution < 1.29 is 5.11 Å². The van der Waals surface area contributed by atoms with Crippen LogP contribution in [0.3, 0.4) is 0 Å². The largest absolute Gasteiger partial charge is 0.384 e. The second-order valence-electron chi connectivity index (χ2n) is 6.50. The molecular formula is C19H21NO. The number of piperidine rings is 2. The lowest BCUT2D eigenvalue weighted by molar-refractivity contribution is -0.205. The third kappa shape index (κ3) is 2.10. The molecule has 2 nitrogen and oxygen atoms in total. The molecule has 2 atom stereocenters. The average molecular weight is 279 g/mol. The summed E-state index contributed by atoms with van der Waals surface area (Å²) in [6, 6.07) is 20.9. The highest BCUT2D eigenvalue weighted by atomic mass is 16.3. The molecule has 2 aliphatic heterocycles. The van der Waals surface area contributed by atoms with Gasteiger partial charge in [0.25, 0.3) is 0 Å². The summed E-state index contributed by atoms with van der Waals surface area (Å²) in [5.41, 5.74) is 1.88. The number of benzene rings is 2. The van der Waals surface area contributed by atoms with E-state index in [2.05, 4.69) is 47.4 Å². The van der Waals surface area contributed by atoms with Gasteiger partial charge in [-0.3, -0.25) is 4.90 Å². The van der Waals surface area contributed by atoms with Crippen molar-refractivity contribution >= 4 is 0 Å². The highest BCUT2D eigenvalue weighted by Crippen LogP contribution is 2.54. The fraction of sp³-hybridized carbons (Fsp3) is 0.368. The van der Waals surface area contributed by atoms with Crippen LogP contribution in [-0.4, -0.2) is 23.1 Å². The van der Waals surface area contributed by atoms with Crippen molar-refractivity contribution in [1.82, 2.24) is 4.90 Å². The molecule has 2 bridgehead atoms. The van der Waals surface area contributed by atoms with Crippen molar-refractivity contribution in [2.45, 2.75) is 18.6 Å². The average Bonchev–Trinajstić information content (AvgIpc) is 2.56. The van der Waals surface area contributed by atoms with E-state index in [4.69, 9.17) is 0 Å². The smallest absolute Gasteiger partial charge is 0.0977 e. The second-order valence-corrected chi connectivity index (χ2v) is 6.50. The van der Waals surface area contributed by atoms with Gasteiger partial charge in [0.15, 0.2) is 0 Å². The Balaban J connectivity index is 1.49. The third-order valence-electron chi connectivity index (χ3n) is 5.26. The van der Waals surface area contributed by atoms with Gasteiger partial charge in [0, 0.05) is 31.5 Å². The maximum Gasteiger partial charge on any atom is 0.0977 e. The Morgan fingerprint density at radius 2 is 1.48 bits per heavy atom. The van der Waals surface area contributed by atoms with E-state index in [1.807, 2.05) is 18.2 Å². The van der Waals surface area contributed by atoms with E-state index in [0.717, 1.165) is 31.6 Å². The minimum Gasteiger partial charge on any atom is -0.384 e. The van der Waals surface area contributed by atoms with Crippen LogP contribution in [0.1, 0.15) is 17.5 Å². The van der Waals surface area contributed by atoms with Gasteiger partial charge in [0.05, 0.1) is 5.60 Å². The van der Waals surface area contributed by atoms with Crippen molar-refractivity contribution in [2.75, 3.05) is 13.1 Å². The monoisotopic (exact) mass is 279 g/mol. The SMILES string of the molecule is OC1(c2ccccc2)C2CC1CN(Cc1ccccc1)C2. The van der Waals surface area contributed by atoms with Crippen LogP contribution in [0.4, 0.5) is 0 Å². The van der Waals surface area contributed by atoms with E-state index in [1.54, 1.807) is 0 Å². The van der Waals surface area contributed by atoms with E-state index in [0.29, 0.717) is 11.8 Å². The van der Waals surface area contributed by atoms with Crippen LogP contribution < -0.4 is 0 Å². The Bertz CT molecular complexity index is 598. The Morgan fingerprint density at radius 3 is 2.10 bits per heavy atom. The summed E-state index contributed by atoms with van der Waals surface area (Å²) < 4.78 is 0. The molecule has 0 aromatic heterocycles. The zero-order valence-corrected chi connectivity index (χ0v) is 12.2. The molecule has 2 unspecified atom stereocenters. The molecular weight excluding hydrogens is 258 g/mol. The van der Waals surface area contributed by atoms with E-state index in [-0.39, 0.29) is 0 Å². The van der Waals surface area contributed by atoms with Gasteiger partial charge < -0.3 is 5.11 Å². The van der Waals surface area contributed by atoms with Gasteiger partial charge >= 0.3 is 0 Å². The van der Waals surface area contributed by atoms with E-state index >= 15 is 0 Å². The molecule has 108 valence electrons. The van der Waals surface area contributed by atoms with E-state index in [1.165, 1.54) is 5.56 Å². The Hall–Kier alpha value is -1.64. The van der Waals surface area contributed by atoms with E-state index < -0.39 is 5.60 Å². The minimum absolute atomic E-state index is 0.377. The van der Waals surface area contributed by atoms with Crippen molar-refractivity contribution in [3.8, 4) is 0 Å². The summed E-state index contributed by atoms with van der Waals surface area (Å²) in [5.74, 6) is 0.754. The lowest BCUT2D eigenvalue weighted by Gasteiger charge is -2.59. The first kappa shape index (κ1) is 13.1. The summed E-state index contributed by atoms with van der Waals surface area (Å²) in [6.45, 7) is 2.99. The van der Waals surface area contributed by atoms with Gasteiger partial charge in [-0.25, -0.2) is 0 Å². The number of fused-ring (bicyclic) bond motifs is 2. The summed E-state index contributed by atoms with van der Waals surface area (Å²) in [7, 11) is 0. The number of hydrogen-bond acceptors (Lipinski definition) is 2. The highest BCUT2D eigenvalue weighted by Gasteiger charge is 2.58. The van der Waals surface area contributed by atoms with Crippen molar-refractivity contribution in [1.29, 1.82) is 0 Å². The van der Waals surface area contributed by atoms with Gasteiger partial charge in [0.2, 0.25) is 0 Å². The summed E-state index contributed by atoms with van der Waals surface area (Å²) >= 11 is 0. The van der Waals surface area contributed by atoms with E-state index in [9.17, 15) is 5.11 Å². The molecule has 1 aliphatic carbocycles. The Labute approximate surface area is 126 Å². The molecule has 3 aliphatic rings. The normalized spacial score (nSPS) is 31.7. The zero-order chi connectivity index (χ0) is 14.3. The number of hydrogen-bond donors (Lipinski definition) is 1. The molecule has 0 amide bonds. The maximum atomic E-state index is 11.1. The van der Waals surface area contributed by atoms with Gasteiger partial charge in [-0.15, -0.1) is 0 Å². The summed E-state index contributed by atoms with van der Waals surface area (Å²) in [4.78, 5) is 2.49. The van der Waals surface area contributed by atoms with Crippen LogP contribution in [0, 0.1) is 11.8 Å².